The Balaban J connectivity index is 2.32. The standard InChI is InChI=1S/C14H16O2/c1-10-9-12(11-5-3-4-6-11)7-8-13(10)14(15)16-2/h5,7-9H,3-4,6H2,1-2H3. The van der Waals surface area contributed by atoms with Crippen LogP contribution >= 0.6 is 0 Å². The van der Waals surface area contributed by atoms with E-state index >= 15 is 0 Å². The van der Waals surface area contributed by atoms with E-state index in [-0.39, 0.29) is 5.97 Å². The highest BCUT2D eigenvalue weighted by atomic mass is 16.5. The average Bonchev–Trinajstić information content (AvgIpc) is 2.81. The molecule has 1 aliphatic carbocycles. The van der Waals surface area contributed by atoms with E-state index in [1.807, 2.05) is 19.1 Å². The number of carbonyl (C=O) groups excluding carboxylic acids is 1. The number of methoxy groups -OCH3 is 1. The highest BCUT2D eigenvalue weighted by Gasteiger charge is 2.12. The van der Waals surface area contributed by atoms with Gasteiger partial charge in [0.2, 0.25) is 0 Å². The van der Waals surface area contributed by atoms with Crippen molar-refractivity contribution in [2.75, 3.05) is 7.11 Å². The van der Waals surface area contributed by atoms with Crippen LogP contribution in [-0.4, -0.2) is 13.1 Å². The molecular weight excluding hydrogens is 200 g/mol. The number of ether oxygens (including phenoxy) is 1. The molecule has 0 heterocycles. The first-order valence-corrected chi connectivity index (χ1v) is 5.61. The lowest BCUT2D eigenvalue weighted by Crippen LogP contribution is -2.03. The van der Waals surface area contributed by atoms with Crippen LogP contribution in [0.4, 0.5) is 0 Å². The van der Waals surface area contributed by atoms with E-state index < -0.39 is 0 Å². The summed E-state index contributed by atoms with van der Waals surface area (Å²) in [6.07, 6.45) is 5.85. The molecule has 0 aromatic heterocycles. The molecule has 0 radical (unpaired) electrons. The van der Waals surface area contributed by atoms with Crippen LogP contribution < -0.4 is 0 Å². The lowest BCUT2D eigenvalue weighted by Gasteiger charge is -2.07. The molecular formula is C14H16O2. The average molecular weight is 216 g/mol. The number of hydrogen-bond acceptors (Lipinski definition) is 2. The van der Waals surface area contributed by atoms with Crippen molar-refractivity contribution >= 4 is 11.5 Å². The lowest BCUT2D eigenvalue weighted by molar-refractivity contribution is 0.0600. The van der Waals surface area contributed by atoms with E-state index in [4.69, 9.17) is 4.74 Å². The highest BCUT2D eigenvalue weighted by Crippen LogP contribution is 2.28. The molecule has 0 saturated carbocycles. The minimum absolute atomic E-state index is 0.260. The molecule has 0 spiro atoms. The van der Waals surface area contributed by atoms with Crippen molar-refractivity contribution in [1.82, 2.24) is 0 Å². The molecule has 0 bridgehead atoms. The summed E-state index contributed by atoms with van der Waals surface area (Å²) in [5, 5.41) is 0. The Morgan fingerprint density at radius 3 is 2.75 bits per heavy atom. The van der Waals surface area contributed by atoms with Gasteiger partial charge in [0, 0.05) is 0 Å². The smallest absolute Gasteiger partial charge is 0.338 e. The van der Waals surface area contributed by atoms with Gasteiger partial charge in [-0.25, -0.2) is 4.79 Å². The van der Waals surface area contributed by atoms with Crippen LogP contribution in [0.3, 0.4) is 0 Å². The van der Waals surface area contributed by atoms with E-state index in [1.54, 1.807) is 0 Å². The molecule has 0 saturated heterocycles. The number of carbonyl (C=O) groups is 1. The summed E-state index contributed by atoms with van der Waals surface area (Å²) in [5.41, 5.74) is 4.28. The van der Waals surface area contributed by atoms with Gasteiger partial charge in [-0.05, 0) is 49.0 Å². The van der Waals surface area contributed by atoms with Gasteiger partial charge >= 0.3 is 5.97 Å². The van der Waals surface area contributed by atoms with Crippen molar-refractivity contribution in [3.05, 3.63) is 41.0 Å². The minimum Gasteiger partial charge on any atom is -0.465 e. The van der Waals surface area contributed by atoms with Crippen molar-refractivity contribution in [2.45, 2.75) is 26.2 Å². The maximum Gasteiger partial charge on any atom is 0.338 e. The minimum atomic E-state index is -0.260. The summed E-state index contributed by atoms with van der Waals surface area (Å²) in [6, 6.07) is 5.94. The number of aryl methyl sites for hydroxylation is 1. The Kier molecular flexibility index (Phi) is 3.09. The van der Waals surface area contributed by atoms with Crippen LogP contribution in [-0.2, 0) is 4.74 Å². The molecule has 84 valence electrons. The van der Waals surface area contributed by atoms with Crippen molar-refractivity contribution in [3.8, 4) is 0 Å². The number of rotatable bonds is 2. The molecule has 2 nitrogen and oxygen atoms in total. The molecule has 0 atom stereocenters. The first-order valence-electron chi connectivity index (χ1n) is 5.61. The van der Waals surface area contributed by atoms with E-state index in [0.717, 1.165) is 12.0 Å². The third-order valence-electron chi connectivity index (χ3n) is 3.04. The molecule has 0 aliphatic heterocycles. The van der Waals surface area contributed by atoms with Gasteiger partial charge < -0.3 is 4.74 Å². The van der Waals surface area contributed by atoms with Crippen molar-refractivity contribution in [3.63, 3.8) is 0 Å². The number of hydrogen-bond donors (Lipinski definition) is 0. The second kappa shape index (κ2) is 4.52. The SMILES string of the molecule is COC(=O)c1ccc(C2=CCCC2)cc1C. The largest absolute Gasteiger partial charge is 0.465 e. The number of benzene rings is 1. The van der Waals surface area contributed by atoms with Gasteiger partial charge in [-0.3, -0.25) is 0 Å². The zero-order valence-corrected chi connectivity index (χ0v) is 9.75. The fraction of sp³-hybridized carbons (Fsp3) is 0.357. The summed E-state index contributed by atoms with van der Waals surface area (Å²) < 4.78 is 4.73. The van der Waals surface area contributed by atoms with E-state index in [9.17, 15) is 4.79 Å². The Labute approximate surface area is 95.9 Å². The highest BCUT2D eigenvalue weighted by molar-refractivity contribution is 5.91. The fourth-order valence-electron chi connectivity index (χ4n) is 2.14. The monoisotopic (exact) mass is 216 g/mol. The summed E-state index contributed by atoms with van der Waals surface area (Å²) in [6.45, 7) is 1.95. The first-order chi connectivity index (χ1) is 7.72. The van der Waals surface area contributed by atoms with Crippen molar-refractivity contribution in [1.29, 1.82) is 0 Å². The van der Waals surface area contributed by atoms with Crippen LogP contribution in [0.25, 0.3) is 5.57 Å². The molecule has 1 aromatic carbocycles. The van der Waals surface area contributed by atoms with Gasteiger partial charge in [0.25, 0.3) is 0 Å². The second-order valence-electron chi connectivity index (χ2n) is 4.14. The Morgan fingerprint density at radius 2 is 2.19 bits per heavy atom. The van der Waals surface area contributed by atoms with Crippen molar-refractivity contribution < 1.29 is 9.53 Å². The second-order valence-corrected chi connectivity index (χ2v) is 4.14. The molecule has 2 heteroatoms. The van der Waals surface area contributed by atoms with Crippen LogP contribution in [0.15, 0.2) is 24.3 Å². The van der Waals surface area contributed by atoms with Gasteiger partial charge in [-0.1, -0.05) is 18.2 Å². The third-order valence-corrected chi connectivity index (χ3v) is 3.04. The van der Waals surface area contributed by atoms with E-state index in [2.05, 4.69) is 12.1 Å². The summed E-state index contributed by atoms with van der Waals surface area (Å²) in [4.78, 5) is 11.4. The molecule has 0 unspecified atom stereocenters. The summed E-state index contributed by atoms with van der Waals surface area (Å²) in [7, 11) is 1.41. The molecule has 0 fully saturated rings. The predicted octanol–water partition coefficient (Wildman–Crippen LogP) is 3.35. The lowest BCUT2D eigenvalue weighted by atomic mass is 9.99. The molecule has 1 aromatic rings. The summed E-state index contributed by atoms with van der Waals surface area (Å²) >= 11 is 0. The van der Waals surface area contributed by atoms with Crippen LogP contribution in [0.1, 0.15) is 40.7 Å². The maximum atomic E-state index is 11.4. The normalized spacial score (nSPS) is 14.8. The maximum absolute atomic E-state index is 11.4. The first kappa shape index (κ1) is 10.9. The molecule has 0 amide bonds. The van der Waals surface area contributed by atoms with Crippen LogP contribution in [0.5, 0.6) is 0 Å². The van der Waals surface area contributed by atoms with Crippen LogP contribution in [0.2, 0.25) is 0 Å². The zero-order valence-electron chi connectivity index (χ0n) is 9.75. The summed E-state index contributed by atoms with van der Waals surface area (Å²) in [5.74, 6) is -0.260. The van der Waals surface area contributed by atoms with Gasteiger partial charge in [-0.15, -0.1) is 0 Å². The van der Waals surface area contributed by atoms with Gasteiger partial charge in [-0.2, -0.15) is 0 Å². The molecule has 16 heavy (non-hydrogen) atoms. The Morgan fingerprint density at radius 1 is 1.38 bits per heavy atom. The van der Waals surface area contributed by atoms with Gasteiger partial charge in [0.15, 0.2) is 0 Å². The Hall–Kier alpha value is -1.57. The van der Waals surface area contributed by atoms with Gasteiger partial charge in [0.05, 0.1) is 12.7 Å². The van der Waals surface area contributed by atoms with Gasteiger partial charge in [0.1, 0.15) is 0 Å². The zero-order chi connectivity index (χ0) is 11.5. The predicted molar refractivity (Wildman–Crippen MR) is 64.3 cm³/mol. The quantitative estimate of drug-likeness (QED) is 0.709. The fourth-order valence-corrected chi connectivity index (χ4v) is 2.14. The molecule has 1 aliphatic rings. The topological polar surface area (TPSA) is 26.3 Å². The number of allylic oxidation sites excluding steroid dienone is 2. The number of esters is 1. The molecule has 2 rings (SSSR count). The van der Waals surface area contributed by atoms with Crippen LogP contribution in [0, 0.1) is 6.92 Å². The third kappa shape index (κ3) is 2.01. The van der Waals surface area contributed by atoms with Crippen molar-refractivity contribution in [2.24, 2.45) is 0 Å². The molecule has 0 N–H and O–H groups in total. The van der Waals surface area contributed by atoms with E-state index in [1.165, 1.54) is 31.1 Å². The Bertz CT molecular complexity index is 444. The van der Waals surface area contributed by atoms with E-state index in [0.29, 0.717) is 5.56 Å².